The van der Waals surface area contributed by atoms with Gasteiger partial charge in [0.25, 0.3) is 0 Å². The monoisotopic (exact) mass is 454 g/mol. The van der Waals surface area contributed by atoms with E-state index in [9.17, 15) is 4.79 Å². The summed E-state index contributed by atoms with van der Waals surface area (Å²) in [5.74, 6) is 3.89. The van der Waals surface area contributed by atoms with E-state index >= 15 is 0 Å². The molecule has 5 fully saturated rings. The van der Waals surface area contributed by atoms with Crippen LogP contribution >= 0.6 is 0 Å². The average molecular weight is 455 g/mol. The highest BCUT2D eigenvalue weighted by Gasteiger charge is 2.81. The van der Waals surface area contributed by atoms with E-state index in [0.717, 1.165) is 30.1 Å². The molecule has 0 aliphatic heterocycles. The van der Waals surface area contributed by atoms with Crippen molar-refractivity contribution < 1.29 is 9.53 Å². The first kappa shape index (κ1) is 23.9. The lowest BCUT2D eigenvalue weighted by Crippen LogP contribution is -2.56. The summed E-state index contributed by atoms with van der Waals surface area (Å²) >= 11 is 0. The van der Waals surface area contributed by atoms with Gasteiger partial charge in [-0.15, -0.1) is 0 Å². The number of allylic oxidation sites excluding steroid dienone is 2. The number of rotatable bonds is 5. The van der Waals surface area contributed by atoms with Crippen molar-refractivity contribution in [1.29, 1.82) is 0 Å². The first-order chi connectivity index (χ1) is 15.5. The maximum absolute atomic E-state index is 11.7. The van der Waals surface area contributed by atoms with Crippen molar-refractivity contribution in [1.82, 2.24) is 0 Å². The molecule has 33 heavy (non-hydrogen) atoms. The van der Waals surface area contributed by atoms with Gasteiger partial charge in [-0.1, -0.05) is 39.3 Å². The van der Waals surface area contributed by atoms with Crippen LogP contribution in [-0.2, 0) is 9.53 Å². The quantitative estimate of drug-likeness (QED) is 0.308. The van der Waals surface area contributed by atoms with Crippen LogP contribution in [0.15, 0.2) is 11.6 Å². The van der Waals surface area contributed by atoms with E-state index in [0.29, 0.717) is 27.6 Å². The molecular formula is C31H50O2. The smallest absolute Gasteiger partial charge is 0.302 e. The largest absolute Gasteiger partial charge is 0.462 e. The van der Waals surface area contributed by atoms with Gasteiger partial charge in [0, 0.05) is 6.92 Å². The molecule has 0 bridgehead atoms. The Morgan fingerprint density at radius 1 is 0.970 bits per heavy atom. The molecule has 0 amide bonds. The number of fused-ring (bicyclic) bond motifs is 2. The first-order valence-electron chi connectivity index (χ1n) is 14.3. The van der Waals surface area contributed by atoms with Crippen LogP contribution in [0.3, 0.4) is 0 Å². The standard InChI is InChI=1S/C31H50O2/c1-20(2)9-8-10-21(3)24-13-15-29(7)27-12-11-25-22(4)26(33-23(5)32)14-16-30(25)19-31(27,30)18-17-28(24,29)6/h9,21-22,24-27H,8,10-19H2,1-7H3. The molecule has 5 aliphatic carbocycles. The number of carbonyl (C=O) groups excluding carboxylic acids is 1. The Hall–Kier alpha value is -0.790. The minimum Gasteiger partial charge on any atom is -0.462 e. The van der Waals surface area contributed by atoms with Gasteiger partial charge < -0.3 is 4.74 Å². The topological polar surface area (TPSA) is 26.3 Å². The lowest BCUT2D eigenvalue weighted by Gasteiger charge is -2.62. The second-order valence-electron chi connectivity index (χ2n) is 14.1. The first-order valence-corrected chi connectivity index (χ1v) is 14.3. The Bertz CT molecular complexity index is 825. The van der Waals surface area contributed by atoms with Crippen molar-refractivity contribution in [3.05, 3.63) is 11.6 Å². The molecule has 186 valence electrons. The van der Waals surface area contributed by atoms with Gasteiger partial charge in [0.2, 0.25) is 0 Å². The number of hydrogen-bond acceptors (Lipinski definition) is 2. The maximum atomic E-state index is 11.7. The van der Waals surface area contributed by atoms with E-state index in [2.05, 4.69) is 47.6 Å². The molecule has 0 aromatic heterocycles. The molecule has 2 heteroatoms. The highest BCUT2D eigenvalue weighted by Crippen LogP contribution is 2.88. The Morgan fingerprint density at radius 3 is 2.42 bits per heavy atom. The normalized spacial score (nSPS) is 50.8. The average Bonchev–Trinajstić information content (AvgIpc) is 3.32. The molecule has 0 radical (unpaired) electrons. The van der Waals surface area contributed by atoms with Crippen LogP contribution in [-0.4, -0.2) is 12.1 Å². The van der Waals surface area contributed by atoms with Crippen molar-refractivity contribution in [2.45, 2.75) is 125 Å². The van der Waals surface area contributed by atoms with Crippen molar-refractivity contribution >= 4 is 5.97 Å². The van der Waals surface area contributed by atoms with Crippen molar-refractivity contribution in [3.63, 3.8) is 0 Å². The van der Waals surface area contributed by atoms with Crippen molar-refractivity contribution in [2.24, 2.45) is 51.2 Å². The lowest BCUT2D eigenvalue weighted by atomic mass is 9.43. The summed E-state index contributed by atoms with van der Waals surface area (Å²) in [7, 11) is 0. The van der Waals surface area contributed by atoms with Crippen LogP contribution < -0.4 is 0 Å². The Kier molecular flexibility index (Phi) is 5.70. The highest BCUT2D eigenvalue weighted by atomic mass is 16.5. The molecule has 5 saturated carbocycles. The highest BCUT2D eigenvalue weighted by molar-refractivity contribution is 5.66. The van der Waals surface area contributed by atoms with Gasteiger partial charge in [0.15, 0.2) is 0 Å². The molecule has 10 atom stereocenters. The second kappa shape index (κ2) is 7.86. The minimum absolute atomic E-state index is 0.0846. The molecule has 0 saturated heterocycles. The minimum atomic E-state index is -0.0846. The Balaban J connectivity index is 1.36. The molecule has 0 heterocycles. The van der Waals surface area contributed by atoms with E-state index in [-0.39, 0.29) is 12.1 Å². The van der Waals surface area contributed by atoms with Crippen LogP contribution in [0.1, 0.15) is 119 Å². The number of hydrogen-bond donors (Lipinski definition) is 0. The summed E-state index contributed by atoms with van der Waals surface area (Å²) in [5.41, 5.74) is 3.69. The van der Waals surface area contributed by atoms with Gasteiger partial charge in [-0.25, -0.2) is 0 Å². The van der Waals surface area contributed by atoms with E-state index in [1.54, 1.807) is 6.92 Å². The number of ether oxygens (including phenoxy) is 1. The lowest BCUT2D eigenvalue weighted by molar-refractivity contribution is -0.165. The third-order valence-electron chi connectivity index (χ3n) is 12.9. The van der Waals surface area contributed by atoms with Gasteiger partial charge >= 0.3 is 5.97 Å². The number of esters is 1. The van der Waals surface area contributed by atoms with Gasteiger partial charge in [-0.2, -0.15) is 0 Å². The van der Waals surface area contributed by atoms with Crippen molar-refractivity contribution in [2.75, 3.05) is 0 Å². The van der Waals surface area contributed by atoms with Crippen LogP contribution in [0.25, 0.3) is 0 Å². The van der Waals surface area contributed by atoms with Gasteiger partial charge in [-0.05, 0) is 136 Å². The van der Waals surface area contributed by atoms with Gasteiger partial charge in [0.1, 0.15) is 6.10 Å². The predicted octanol–water partition coefficient (Wildman–Crippen LogP) is 8.35. The molecule has 2 spiro atoms. The molecule has 0 aromatic carbocycles. The maximum Gasteiger partial charge on any atom is 0.302 e. The fourth-order valence-electron chi connectivity index (χ4n) is 11.2. The molecular weight excluding hydrogens is 404 g/mol. The van der Waals surface area contributed by atoms with E-state index in [4.69, 9.17) is 4.74 Å². The molecule has 5 aliphatic rings. The summed E-state index contributed by atoms with van der Waals surface area (Å²) in [6.45, 7) is 16.5. The zero-order valence-electron chi connectivity index (χ0n) is 22.6. The fraction of sp³-hybridized carbons (Fsp3) is 0.903. The summed E-state index contributed by atoms with van der Waals surface area (Å²) in [4.78, 5) is 11.7. The van der Waals surface area contributed by atoms with Gasteiger partial charge in [0.05, 0.1) is 0 Å². The van der Waals surface area contributed by atoms with E-state index in [1.807, 2.05) is 0 Å². The summed E-state index contributed by atoms with van der Waals surface area (Å²) in [6.07, 6.45) is 17.8. The summed E-state index contributed by atoms with van der Waals surface area (Å²) < 4.78 is 5.80. The SMILES string of the molecule is CC(=O)OC1CCC23CC24CCC2(C)C(C(C)CCC=C(C)C)CCC2(C)C4CCC3C1C. The third-order valence-corrected chi connectivity index (χ3v) is 12.9. The molecule has 0 aromatic rings. The second-order valence-corrected chi connectivity index (χ2v) is 14.1. The predicted molar refractivity (Wildman–Crippen MR) is 136 cm³/mol. The molecule has 2 nitrogen and oxygen atoms in total. The number of carbonyl (C=O) groups is 1. The summed E-state index contributed by atoms with van der Waals surface area (Å²) in [6, 6.07) is 0. The van der Waals surface area contributed by atoms with Crippen LogP contribution in [0.2, 0.25) is 0 Å². The Labute approximate surface area is 203 Å². The van der Waals surface area contributed by atoms with Crippen molar-refractivity contribution in [3.8, 4) is 0 Å². The zero-order chi connectivity index (χ0) is 23.8. The van der Waals surface area contributed by atoms with Crippen LogP contribution in [0.5, 0.6) is 0 Å². The van der Waals surface area contributed by atoms with Crippen LogP contribution in [0, 0.1) is 51.2 Å². The van der Waals surface area contributed by atoms with E-state index < -0.39 is 0 Å². The van der Waals surface area contributed by atoms with Gasteiger partial charge in [-0.3, -0.25) is 4.79 Å². The Morgan fingerprint density at radius 2 is 1.73 bits per heavy atom. The fourth-order valence-corrected chi connectivity index (χ4v) is 11.2. The molecule has 0 N–H and O–H groups in total. The zero-order valence-corrected chi connectivity index (χ0v) is 22.6. The molecule has 10 unspecified atom stereocenters. The summed E-state index contributed by atoms with van der Waals surface area (Å²) in [5, 5.41) is 0. The van der Waals surface area contributed by atoms with Crippen LogP contribution in [0.4, 0.5) is 0 Å². The molecule has 5 rings (SSSR count). The van der Waals surface area contributed by atoms with E-state index in [1.165, 1.54) is 69.8 Å². The third kappa shape index (κ3) is 3.20.